The van der Waals surface area contributed by atoms with Crippen molar-refractivity contribution in [2.75, 3.05) is 19.6 Å². The molecule has 0 aromatic carbocycles. The third-order valence-corrected chi connectivity index (χ3v) is 2.21. The van der Waals surface area contributed by atoms with E-state index in [0.29, 0.717) is 25.4 Å². The first-order valence-corrected chi connectivity index (χ1v) is 5.63. The van der Waals surface area contributed by atoms with E-state index in [1.807, 2.05) is 20.8 Å². The Morgan fingerprint density at radius 2 is 1.81 bits per heavy atom. The molecule has 0 aliphatic heterocycles. The van der Waals surface area contributed by atoms with Crippen molar-refractivity contribution in [1.82, 2.24) is 4.90 Å². The second kappa shape index (κ2) is 7.22. The average molecular weight is 229 g/mol. The summed E-state index contributed by atoms with van der Waals surface area (Å²) in [7, 11) is 0. The molecule has 0 rings (SSSR count). The van der Waals surface area contributed by atoms with Crippen molar-refractivity contribution in [2.45, 2.75) is 27.2 Å². The summed E-state index contributed by atoms with van der Waals surface area (Å²) in [4.78, 5) is 24.2. The molecule has 94 valence electrons. The number of primary amides is 1. The molecule has 5 heteroatoms. The van der Waals surface area contributed by atoms with Crippen molar-refractivity contribution in [3.8, 4) is 0 Å². The number of hydrogen-bond donors (Lipinski definition) is 2. The molecular formula is C11H23N3O2. The molecule has 1 unspecified atom stereocenters. The van der Waals surface area contributed by atoms with Gasteiger partial charge in [-0.15, -0.1) is 0 Å². The summed E-state index contributed by atoms with van der Waals surface area (Å²) in [5.41, 5.74) is 10.6. The van der Waals surface area contributed by atoms with E-state index in [-0.39, 0.29) is 18.4 Å². The second-order valence-corrected chi connectivity index (χ2v) is 4.68. The fraction of sp³-hybridized carbons (Fsp3) is 0.818. The second-order valence-electron chi connectivity index (χ2n) is 4.68. The maximum Gasteiger partial charge on any atom is 0.237 e. The minimum atomic E-state index is -0.477. The first-order valence-electron chi connectivity index (χ1n) is 5.63. The highest BCUT2D eigenvalue weighted by Gasteiger charge is 2.18. The van der Waals surface area contributed by atoms with Gasteiger partial charge in [-0.25, -0.2) is 0 Å². The van der Waals surface area contributed by atoms with Gasteiger partial charge in [0.15, 0.2) is 0 Å². The van der Waals surface area contributed by atoms with E-state index >= 15 is 0 Å². The average Bonchev–Trinajstić information content (AvgIpc) is 2.15. The third-order valence-electron chi connectivity index (χ3n) is 2.21. The van der Waals surface area contributed by atoms with Crippen LogP contribution in [0.25, 0.3) is 0 Å². The number of nitrogens with two attached hydrogens (primary N) is 2. The van der Waals surface area contributed by atoms with Gasteiger partial charge in [-0.3, -0.25) is 9.59 Å². The summed E-state index contributed by atoms with van der Waals surface area (Å²) >= 11 is 0. The third kappa shape index (κ3) is 6.40. The SMILES string of the molecule is CC(C)CN(CC(N)=O)C(=O)CC(C)CN. The van der Waals surface area contributed by atoms with Crippen molar-refractivity contribution in [1.29, 1.82) is 0 Å². The molecule has 0 aromatic heterocycles. The molecule has 0 radical (unpaired) electrons. The van der Waals surface area contributed by atoms with Crippen molar-refractivity contribution < 1.29 is 9.59 Å². The van der Waals surface area contributed by atoms with E-state index in [9.17, 15) is 9.59 Å². The van der Waals surface area contributed by atoms with Gasteiger partial charge in [0.1, 0.15) is 0 Å². The minimum absolute atomic E-state index is 0.00565. The number of carbonyl (C=O) groups is 2. The summed E-state index contributed by atoms with van der Waals surface area (Å²) in [5.74, 6) is -0.0774. The normalized spacial score (nSPS) is 12.6. The topological polar surface area (TPSA) is 89.4 Å². The molecule has 0 aliphatic carbocycles. The van der Waals surface area contributed by atoms with Crippen LogP contribution >= 0.6 is 0 Å². The number of nitrogens with zero attached hydrogens (tertiary/aromatic N) is 1. The summed E-state index contributed by atoms with van der Waals surface area (Å²) in [6.45, 7) is 6.92. The van der Waals surface area contributed by atoms with Crippen LogP contribution in [0.5, 0.6) is 0 Å². The maximum atomic E-state index is 11.8. The molecule has 4 N–H and O–H groups in total. The number of amides is 2. The zero-order chi connectivity index (χ0) is 12.7. The van der Waals surface area contributed by atoms with Crippen LogP contribution in [0.3, 0.4) is 0 Å². The smallest absolute Gasteiger partial charge is 0.237 e. The lowest BCUT2D eigenvalue weighted by Gasteiger charge is -2.24. The molecule has 0 aromatic rings. The van der Waals surface area contributed by atoms with Crippen LogP contribution in [-0.4, -0.2) is 36.3 Å². The molecule has 0 aliphatic rings. The highest BCUT2D eigenvalue weighted by molar-refractivity contribution is 5.83. The Morgan fingerprint density at radius 1 is 1.25 bits per heavy atom. The molecule has 0 bridgehead atoms. The first kappa shape index (κ1) is 14.9. The Labute approximate surface area is 97.2 Å². The van der Waals surface area contributed by atoms with E-state index in [2.05, 4.69) is 0 Å². The van der Waals surface area contributed by atoms with Gasteiger partial charge in [0, 0.05) is 13.0 Å². The lowest BCUT2D eigenvalue weighted by Crippen LogP contribution is -2.41. The van der Waals surface area contributed by atoms with Crippen LogP contribution in [-0.2, 0) is 9.59 Å². The van der Waals surface area contributed by atoms with Crippen LogP contribution < -0.4 is 11.5 Å². The first-order chi connectivity index (χ1) is 7.36. The van der Waals surface area contributed by atoms with Crippen LogP contribution in [0, 0.1) is 11.8 Å². The molecule has 0 heterocycles. The Hall–Kier alpha value is -1.10. The highest BCUT2D eigenvalue weighted by atomic mass is 16.2. The molecule has 0 fully saturated rings. The highest BCUT2D eigenvalue weighted by Crippen LogP contribution is 2.06. The Balaban J connectivity index is 4.37. The molecule has 0 spiro atoms. The van der Waals surface area contributed by atoms with Crippen LogP contribution in [0.4, 0.5) is 0 Å². The molecule has 5 nitrogen and oxygen atoms in total. The van der Waals surface area contributed by atoms with Gasteiger partial charge in [-0.1, -0.05) is 20.8 Å². The summed E-state index contributed by atoms with van der Waals surface area (Å²) < 4.78 is 0. The van der Waals surface area contributed by atoms with Gasteiger partial charge < -0.3 is 16.4 Å². The number of carbonyl (C=O) groups excluding carboxylic acids is 2. The van der Waals surface area contributed by atoms with E-state index in [1.54, 1.807) is 0 Å². The largest absolute Gasteiger partial charge is 0.368 e. The van der Waals surface area contributed by atoms with Crippen LogP contribution in [0.15, 0.2) is 0 Å². The Morgan fingerprint density at radius 3 is 2.19 bits per heavy atom. The Bertz CT molecular complexity index is 241. The summed E-state index contributed by atoms with van der Waals surface area (Å²) in [6.07, 6.45) is 0.372. The fourth-order valence-electron chi connectivity index (χ4n) is 1.39. The van der Waals surface area contributed by atoms with E-state index in [4.69, 9.17) is 11.5 Å². The van der Waals surface area contributed by atoms with Crippen LogP contribution in [0.1, 0.15) is 27.2 Å². The summed E-state index contributed by atoms with van der Waals surface area (Å²) in [5, 5.41) is 0. The predicted molar refractivity (Wildman–Crippen MR) is 63.4 cm³/mol. The van der Waals surface area contributed by atoms with E-state index in [1.165, 1.54) is 4.90 Å². The lowest BCUT2D eigenvalue weighted by atomic mass is 10.1. The lowest BCUT2D eigenvalue weighted by molar-refractivity contribution is -0.136. The minimum Gasteiger partial charge on any atom is -0.368 e. The van der Waals surface area contributed by atoms with Gasteiger partial charge >= 0.3 is 0 Å². The van der Waals surface area contributed by atoms with Gasteiger partial charge in [0.2, 0.25) is 11.8 Å². The fourth-order valence-corrected chi connectivity index (χ4v) is 1.39. The summed E-state index contributed by atoms with van der Waals surface area (Å²) in [6, 6.07) is 0. The van der Waals surface area contributed by atoms with E-state index < -0.39 is 5.91 Å². The van der Waals surface area contributed by atoms with Gasteiger partial charge in [0.05, 0.1) is 6.54 Å². The van der Waals surface area contributed by atoms with Gasteiger partial charge in [-0.2, -0.15) is 0 Å². The van der Waals surface area contributed by atoms with Crippen molar-refractivity contribution >= 4 is 11.8 Å². The van der Waals surface area contributed by atoms with Crippen molar-refractivity contribution in [2.24, 2.45) is 23.3 Å². The van der Waals surface area contributed by atoms with Crippen molar-refractivity contribution in [3.63, 3.8) is 0 Å². The molecular weight excluding hydrogens is 206 g/mol. The molecule has 1 atom stereocenters. The maximum absolute atomic E-state index is 11.8. The number of rotatable bonds is 7. The zero-order valence-corrected chi connectivity index (χ0v) is 10.4. The monoisotopic (exact) mass is 229 g/mol. The quantitative estimate of drug-likeness (QED) is 0.641. The molecule has 0 saturated heterocycles. The molecule has 0 saturated carbocycles. The standard InChI is InChI=1S/C11H23N3O2/c1-8(2)6-14(7-10(13)15)11(16)4-9(3)5-12/h8-9H,4-7,12H2,1-3H3,(H2,13,15). The molecule has 2 amide bonds. The molecule has 16 heavy (non-hydrogen) atoms. The van der Waals surface area contributed by atoms with Gasteiger partial charge in [0.25, 0.3) is 0 Å². The number of hydrogen-bond acceptors (Lipinski definition) is 3. The van der Waals surface area contributed by atoms with Gasteiger partial charge in [-0.05, 0) is 18.4 Å². The van der Waals surface area contributed by atoms with E-state index in [0.717, 1.165) is 0 Å². The van der Waals surface area contributed by atoms with Crippen LogP contribution in [0.2, 0.25) is 0 Å². The van der Waals surface area contributed by atoms with Crippen molar-refractivity contribution in [3.05, 3.63) is 0 Å². The zero-order valence-electron chi connectivity index (χ0n) is 10.4. The Kier molecular flexibility index (Phi) is 6.72. The predicted octanol–water partition coefficient (Wildman–Crippen LogP) is -0.0588.